The Labute approximate surface area is 128 Å². The second-order valence-electron chi connectivity index (χ2n) is 4.66. The number of hydrogen-bond donors (Lipinski definition) is 2. The molecule has 0 saturated heterocycles. The van der Waals surface area contributed by atoms with Gasteiger partial charge in [-0.1, -0.05) is 12.1 Å². The fourth-order valence-electron chi connectivity index (χ4n) is 1.81. The van der Waals surface area contributed by atoms with Gasteiger partial charge < -0.3 is 10.6 Å². The van der Waals surface area contributed by atoms with Gasteiger partial charge >= 0.3 is 0 Å². The standard InChI is InChI=1S/C14H17ClFN5/c1-4-17-13-19-12(15)20-14(21-13)18-9(3)10-6-5-8(2)11(16)7-10/h5-7,9H,4H2,1-3H3,(H2,17,18,19,20,21). The van der Waals surface area contributed by atoms with Gasteiger partial charge in [0.25, 0.3) is 0 Å². The van der Waals surface area contributed by atoms with Gasteiger partial charge in [-0.05, 0) is 49.6 Å². The van der Waals surface area contributed by atoms with E-state index in [0.29, 0.717) is 24.0 Å². The van der Waals surface area contributed by atoms with Crippen molar-refractivity contribution in [3.63, 3.8) is 0 Å². The molecule has 0 amide bonds. The van der Waals surface area contributed by atoms with E-state index in [0.717, 1.165) is 5.56 Å². The highest BCUT2D eigenvalue weighted by Crippen LogP contribution is 2.20. The van der Waals surface area contributed by atoms with Gasteiger partial charge in [0, 0.05) is 6.54 Å². The van der Waals surface area contributed by atoms with Gasteiger partial charge in [-0.3, -0.25) is 0 Å². The van der Waals surface area contributed by atoms with E-state index >= 15 is 0 Å². The lowest BCUT2D eigenvalue weighted by Crippen LogP contribution is -2.12. The monoisotopic (exact) mass is 309 g/mol. The van der Waals surface area contributed by atoms with Crippen LogP contribution in [-0.4, -0.2) is 21.5 Å². The number of anilines is 2. The molecule has 0 bridgehead atoms. The molecule has 1 aromatic heterocycles. The number of aromatic nitrogens is 3. The van der Waals surface area contributed by atoms with Crippen molar-refractivity contribution in [2.75, 3.05) is 17.2 Å². The third kappa shape index (κ3) is 4.01. The van der Waals surface area contributed by atoms with E-state index < -0.39 is 0 Å². The second-order valence-corrected chi connectivity index (χ2v) is 4.99. The van der Waals surface area contributed by atoms with Crippen LogP contribution >= 0.6 is 11.6 Å². The maximum atomic E-state index is 13.6. The Morgan fingerprint density at radius 3 is 2.62 bits per heavy atom. The second kappa shape index (κ2) is 6.67. The van der Waals surface area contributed by atoms with E-state index in [2.05, 4.69) is 25.6 Å². The number of aryl methyl sites for hydroxylation is 1. The summed E-state index contributed by atoms with van der Waals surface area (Å²) in [5, 5.41) is 6.17. The lowest BCUT2D eigenvalue weighted by atomic mass is 10.1. The van der Waals surface area contributed by atoms with Gasteiger partial charge in [0.15, 0.2) is 0 Å². The predicted octanol–water partition coefficient (Wildman–Crippen LogP) is 3.58. The molecule has 0 radical (unpaired) electrons. The molecule has 1 aromatic carbocycles. The Hall–Kier alpha value is -1.95. The van der Waals surface area contributed by atoms with Crippen LogP contribution in [-0.2, 0) is 0 Å². The van der Waals surface area contributed by atoms with Crippen molar-refractivity contribution in [3.05, 3.63) is 40.4 Å². The van der Waals surface area contributed by atoms with E-state index in [4.69, 9.17) is 11.6 Å². The zero-order valence-electron chi connectivity index (χ0n) is 12.1. The molecule has 7 heteroatoms. The van der Waals surface area contributed by atoms with E-state index in [1.54, 1.807) is 13.0 Å². The lowest BCUT2D eigenvalue weighted by molar-refractivity contribution is 0.614. The molecule has 0 aliphatic rings. The Bertz CT molecular complexity index is 635. The molecule has 0 spiro atoms. The lowest BCUT2D eigenvalue weighted by Gasteiger charge is -2.15. The largest absolute Gasteiger partial charge is 0.354 e. The van der Waals surface area contributed by atoms with Crippen LogP contribution < -0.4 is 10.6 Å². The average molecular weight is 310 g/mol. The third-order valence-electron chi connectivity index (χ3n) is 2.98. The normalized spacial score (nSPS) is 12.0. The summed E-state index contributed by atoms with van der Waals surface area (Å²) >= 11 is 5.86. The number of hydrogen-bond acceptors (Lipinski definition) is 5. The smallest absolute Gasteiger partial charge is 0.229 e. The van der Waals surface area contributed by atoms with Gasteiger partial charge in [-0.15, -0.1) is 0 Å². The van der Waals surface area contributed by atoms with Crippen LogP contribution in [0.2, 0.25) is 5.28 Å². The quantitative estimate of drug-likeness (QED) is 0.884. The highest BCUT2D eigenvalue weighted by molar-refractivity contribution is 6.28. The van der Waals surface area contributed by atoms with Crippen molar-refractivity contribution in [3.8, 4) is 0 Å². The van der Waals surface area contributed by atoms with Gasteiger partial charge in [0.2, 0.25) is 17.2 Å². The van der Waals surface area contributed by atoms with Crippen LogP contribution in [0.1, 0.15) is 31.0 Å². The van der Waals surface area contributed by atoms with Gasteiger partial charge in [-0.25, -0.2) is 4.39 Å². The van der Waals surface area contributed by atoms with Crippen LogP contribution in [0.15, 0.2) is 18.2 Å². The Kier molecular flexibility index (Phi) is 4.90. The number of halogens is 2. The van der Waals surface area contributed by atoms with E-state index in [1.165, 1.54) is 6.07 Å². The fraction of sp³-hybridized carbons (Fsp3) is 0.357. The maximum Gasteiger partial charge on any atom is 0.229 e. The molecule has 21 heavy (non-hydrogen) atoms. The predicted molar refractivity (Wildman–Crippen MR) is 82.2 cm³/mol. The number of nitrogens with one attached hydrogen (secondary N) is 2. The molecule has 0 aliphatic carbocycles. The highest BCUT2D eigenvalue weighted by atomic mass is 35.5. The first-order valence-corrected chi connectivity index (χ1v) is 7.05. The first-order chi connectivity index (χ1) is 9.99. The van der Waals surface area contributed by atoms with Crippen LogP contribution in [0.3, 0.4) is 0 Å². The molecule has 2 N–H and O–H groups in total. The van der Waals surface area contributed by atoms with Crippen LogP contribution in [0, 0.1) is 12.7 Å². The summed E-state index contributed by atoms with van der Waals surface area (Å²) in [6, 6.07) is 4.95. The summed E-state index contributed by atoms with van der Waals surface area (Å²) in [6.07, 6.45) is 0. The van der Waals surface area contributed by atoms with Crippen LogP contribution in [0.5, 0.6) is 0 Å². The molecular weight excluding hydrogens is 293 g/mol. The first kappa shape index (κ1) is 15.4. The summed E-state index contributed by atoms with van der Waals surface area (Å²) < 4.78 is 13.6. The van der Waals surface area contributed by atoms with E-state index in [9.17, 15) is 4.39 Å². The first-order valence-electron chi connectivity index (χ1n) is 6.67. The van der Waals surface area contributed by atoms with Crippen molar-refractivity contribution in [1.29, 1.82) is 0 Å². The van der Waals surface area contributed by atoms with E-state index in [-0.39, 0.29) is 17.1 Å². The Balaban J connectivity index is 2.18. The SMILES string of the molecule is CCNc1nc(Cl)nc(NC(C)c2ccc(C)c(F)c2)n1. The molecular formula is C14H17ClFN5. The topological polar surface area (TPSA) is 62.7 Å². The van der Waals surface area contributed by atoms with Crippen molar-refractivity contribution in [2.24, 2.45) is 0 Å². The van der Waals surface area contributed by atoms with Gasteiger partial charge in [0.1, 0.15) is 5.82 Å². The highest BCUT2D eigenvalue weighted by Gasteiger charge is 2.11. The van der Waals surface area contributed by atoms with Gasteiger partial charge in [-0.2, -0.15) is 15.0 Å². The van der Waals surface area contributed by atoms with Crippen molar-refractivity contribution in [1.82, 2.24) is 15.0 Å². The third-order valence-corrected chi connectivity index (χ3v) is 3.15. The molecule has 1 atom stereocenters. The molecule has 1 unspecified atom stereocenters. The zero-order valence-corrected chi connectivity index (χ0v) is 12.9. The zero-order chi connectivity index (χ0) is 15.4. The van der Waals surface area contributed by atoms with Crippen molar-refractivity contribution < 1.29 is 4.39 Å². The van der Waals surface area contributed by atoms with E-state index in [1.807, 2.05) is 19.9 Å². The number of rotatable bonds is 5. The summed E-state index contributed by atoms with van der Waals surface area (Å²) in [4.78, 5) is 12.2. The summed E-state index contributed by atoms with van der Waals surface area (Å²) in [5.41, 5.74) is 1.42. The van der Waals surface area contributed by atoms with Crippen molar-refractivity contribution >= 4 is 23.5 Å². The summed E-state index contributed by atoms with van der Waals surface area (Å²) in [7, 11) is 0. The summed E-state index contributed by atoms with van der Waals surface area (Å²) in [6.45, 7) is 6.24. The minimum absolute atomic E-state index is 0.103. The Morgan fingerprint density at radius 2 is 1.95 bits per heavy atom. The minimum Gasteiger partial charge on any atom is -0.354 e. The fourth-order valence-corrected chi connectivity index (χ4v) is 1.97. The number of nitrogens with zero attached hydrogens (tertiary/aromatic N) is 3. The molecule has 0 fully saturated rings. The molecule has 5 nitrogen and oxygen atoms in total. The average Bonchev–Trinajstić information content (AvgIpc) is 2.41. The minimum atomic E-state index is -0.233. The van der Waals surface area contributed by atoms with Gasteiger partial charge in [0.05, 0.1) is 6.04 Å². The number of benzene rings is 1. The van der Waals surface area contributed by atoms with Crippen LogP contribution in [0.25, 0.3) is 0 Å². The van der Waals surface area contributed by atoms with Crippen LogP contribution in [0.4, 0.5) is 16.3 Å². The Morgan fingerprint density at radius 1 is 1.24 bits per heavy atom. The van der Waals surface area contributed by atoms with Crippen molar-refractivity contribution in [2.45, 2.75) is 26.8 Å². The molecule has 0 aliphatic heterocycles. The molecule has 2 rings (SSSR count). The molecule has 2 aromatic rings. The summed E-state index contributed by atoms with van der Waals surface area (Å²) in [5.74, 6) is 0.518. The maximum absolute atomic E-state index is 13.6. The molecule has 1 heterocycles. The molecule has 112 valence electrons. The molecule has 0 saturated carbocycles.